The first-order valence-corrected chi connectivity index (χ1v) is 9.05. The van der Waals surface area contributed by atoms with Gasteiger partial charge in [-0.05, 0) is 62.4 Å². The maximum Gasteiger partial charge on any atom is 0.251 e. The van der Waals surface area contributed by atoms with E-state index in [1.165, 1.54) is 11.8 Å². The first kappa shape index (κ1) is 21.0. The van der Waals surface area contributed by atoms with Crippen molar-refractivity contribution in [3.8, 4) is 0 Å². The van der Waals surface area contributed by atoms with E-state index in [1.54, 1.807) is 55.6 Å². The van der Waals surface area contributed by atoms with Gasteiger partial charge in [0.25, 0.3) is 5.91 Å². The Labute approximate surface area is 165 Å². The molecule has 148 valence electrons. The number of amides is 3. The first-order chi connectivity index (χ1) is 13.3. The third-order valence-corrected chi connectivity index (χ3v) is 4.03. The molecule has 0 unspecified atom stereocenters. The second kappa shape index (κ2) is 9.55. The summed E-state index contributed by atoms with van der Waals surface area (Å²) in [6, 6.07) is 14.0. The fourth-order valence-electron chi connectivity index (χ4n) is 2.42. The van der Waals surface area contributed by atoms with E-state index < -0.39 is 0 Å². The minimum atomic E-state index is -0.200. The maximum absolute atomic E-state index is 12.1. The summed E-state index contributed by atoms with van der Waals surface area (Å²) in [4.78, 5) is 36.9. The van der Waals surface area contributed by atoms with Crippen molar-refractivity contribution in [1.82, 2.24) is 5.32 Å². The zero-order valence-corrected chi connectivity index (χ0v) is 16.6. The van der Waals surface area contributed by atoms with Gasteiger partial charge in [-0.1, -0.05) is 0 Å². The molecule has 0 saturated heterocycles. The molecule has 7 nitrogen and oxygen atoms in total. The van der Waals surface area contributed by atoms with Gasteiger partial charge in [-0.15, -0.1) is 0 Å². The fraction of sp³-hybridized carbons (Fsp3) is 0.286. The minimum absolute atomic E-state index is 0.0614. The molecular weight excluding hydrogens is 356 g/mol. The van der Waals surface area contributed by atoms with Crippen LogP contribution in [0, 0.1) is 0 Å². The lowest BCUT2D eigenvalue weighted by Gasteiger charge is -2.15. The minimum Gasteiger partial charge on any atom is -0.376 e. The summed E-state index contributed by atoms with van der Waals surface area (Å²) in [5, 5.41) is 8.64. The summed E-state index contributed by atoms with van der Waals surface area (Å²) in [6.07, 6.45) is 0. The normalized spacial score (nSPS) is 10.3. The lowest BCUT2D eigenvalue weighted by atomic mass is 10.2. The Hall–Kier alpha value is -3.35. The van der Waals surface area contributed by atoms with E-state index in [9.17, 15) is 14.4 Å². The monoisotopic (exact) mass is 382 g/mol. The molecule has 0 aromatic heterocycles. The Morgan fingerprint density at radius 3 is 2.04 bits per heavy atom. The quantitative estimate of drug-likeness (QED) is 0.687. The lowest BCUT2D eigenvalue weighted by molar-refractivity contribution is -0.116. The summed E-state index contributed by atoms with van der Waals surface area (Å²) in [6.45, 7) is 5.39. The predicted molar refractivity (Wildman–Crippen MR) is 112 cm³/mol. The molecule has 28 heavy (non-hydrogen) atoms. The topological polar surface area (TPSA) is 90.5 Å². The molecule has 0 bridgehead atoms. The van der Waals surface area contributed by atoms with E-state index in [1.807, 2.05) is 13.8 Å². The molecule has 0 heterocycles. The molecular formula is C21H26N4O3. The van der Waals surface area contributed by atoms with Crippen molar-refractivity contribution in [2.45, 2.75) is 26.8 Å². The average molecular weight is 382 g/mol. The van der Waals surface area contributed by atoms with Crippen molar-refractivity contribution in [2.24, 2.45) is 0 Å². The third-order valence-electron chi connectivity index (χ3n) is 4.03. The molecule has 2 aromatic carbocycles. The standard InChI is InChI=1S/C21H26N4O3/c1-14(2)23-21(28)16-5-7-17(8-6-16)22-13-20(27)24-18-9-11-19(12-10-18)25(4)15(3)26/h5-12,14,22H,13H2,1-4H3,(H,23,28)(H,24,27). The van der Waals surface area contributed by atoms with Gasteiger partial charge in [0.2, 0.25) is 11.8 Å². The van der Waals surface area contributed by atoms with Crippen LogP contribution in [0.1, 0.15) is 31.1 Å². The van der Waals surface area contributed by atoms with Crippen molar-refractivity contribution in [3.63, 3.8) is 0 Å². The summed E-state index contributed by atoms with van der Waals surface area (Å²) in [7, 11) is 1.69. The van der Waals surface area contributed by atoms with Crippen LogP contribution >= 0.6 is 0 Å². The highest BCUT2D eigenvalue weighted by Gasteiger charge is 2.08. The molecule has 7 heteroatoms. The molecule has 3 N–H and O–H groups in total. The molecule has 2 aromatic rings. The average Bonchev–Trinajstić information content (AvgIpc) is 2.66. The Balaban J connectivity index is 1.85. The highest BCUT2D eigenvalue weighted by Crippen LogP contribution is 2.17. The number of hydrogen-bond acceptors (Lipinski definition) is 4. The zero-order valence-electron chi connectivity index (χ0n) is 16.6. The molecule has 0 fully saturated rings. The van der Waals surface area contributed by atoms with E-state index in [2.05, 4.69) is 16.0 Å². The number of hydrogen-bond donors (Lipinski definition) is 3. The summed E-state index contributed by atoms with van der Waals surface area (Å²) >= 11 is 0. The van der Waals surface area contributed by atoms with Crippen LogP contribution in [0.5, 0.6) is 0 Å². The molecule has 0 saturated carbocycles. The van der Waals surface area contributed by atoms with Crippen molar-refractivity contribution in [2.75, 3.05) is 29.1 Å². The van der Waals surface area contributed by atoms with Crippen LogP contribution in [0.4, 0.5) is 17.1 Å². The van der Waals surface area contributed by atoms with Crippen LogP contribution in [0.2, 0.25) is 0 Å². The van der Waals surface area contributed by atoms with E-state index >= 15 is 0 Å². The molecule has 3 amide bonds. The SMILES string of the molecule is CC(=O)N(C)c1ccc(NC(=O)CNc2ccc(C(=O)NC(C)C)cc2)cc1. The Kier molecular flexibility index (Phi) is 7.14. The molecule has 0 aliphatic carbocycles. The molecule has 0 aliphatic rings. The van der Waals surface area contributed by atoms with Crippen molar-refractivity contribution >= 4 is 34.8 Å². The first-order valence-electron chi connectivity index (χ1n) is 9.05. The van der Waals surface area contributed by atoms with E-state index in [-0.39, 0.29) is 30.3 Å². The van der Waals surface area contributed by atoms with Crippen LogP contribution in [-0.2, 0) is 9.59 Å². The Morgan fingerprint density at radius 2 is 1.50 bits per heavy atom. The summed E-state index contributed by atoms with van der Waals surface area (Å²) in [5.41, 5.74) is 2.72. The molecule has 2 rings (SSSR count). The van der Waals surface area contributed by atoms with Gasteiger partial charge in [-0.2, -0.15) is 0 Å². The Bertz CT molecular complexity index is 830. The van der Waals surface area contributed by atoms with E-state index in [0.717, 1.165) is 11.4 Å². The van der Waals surface area contributed by atoms with Crippen LogP contribution < -0.4 is 20.9 Å². The number of carbonyl (C=O) groups excluding carboxylic acids is 3. The van der Waals surface area contributed by atoms with Crippen molar-refractivity contribution < 1.29 is 14.4 Å². The lowest BCUT2D eigenvalue weighted by Crippen LogP contribution is -2.30. The van der Waals surface area contributed by atoms with Crippen LogP contribution in [0.15, 0.2) is 48.5 Å². The number of benzene rings is 2. The summed E-state index contributed by atoms with van der Waals surface area (Å²) in [5.74, 6) is -0.388. The van der Waals surface area contributed by atoms with Crippen LogP contribution in [0.3, 0.4) is 0 Å². The van der Waals surface area contributed by atoms with Crippen LogP contribution in [-0.4, -0.2) is 37.4 Å². The molecule has 0 atom stereocenters. The molecule has 0 aliphatic heterocycles. The van der Waals surface area contributed by atoms with Gasteiger partial charge in [0, 0.05) is 42.6 Å². The van der Waals surface area contributed by atoms with E-state index in [0.29, 0.717) is 11.3 Å². The highest BCUT2D eigenvalue weighted by atomic mass is 16.2. The number of nitrogens with zero attached hydrogens (tertiary/aromatic N) is 1. The number of anilines is 3. The second-order valence-electron chi connectivity index (χ2n) is 6.73. The largest absolute Gasteiger partial charge is 0.376 e. The van der Waals surface area contributed by atoms with Crippen molar-refractivity contribution in [3.05, 3.63) is 54.1 Å². The van der Waals surface area contributed by atoms with Gasteiger partial charge in [-0.3, -0.25) is 14.4 Å². The van der Waals surface area contributed by atoms with Gasteiger partial charge < -0.3 is 20.9 Å². The zero-order chi connectivity index (χ0) is 20.7. The number of rotatable bonds is 7. The second-order valence-corrected chi connectivity index (χ2v) is 6.73. The van der Waals surface area contributed by atoms with Crippen LogP contribution in [0.25, 0.3) is 0 Å². The fourth-order valence-corrected chi connectivity index (χ4v) is 2.42. The van der Waals surface area contributed by atoms with Gasteiger partial charge in [0.1, 0.15) is 0 Å². The summed E-state index contributed by atoms with van der Waals surface area (Å²) < 4.78 is 0. The highest BCUT2D eigenvalue weighted by molar-refractivity contribution is 5.96. The number of nitrogens with one attached hydrogen (secondary N) is 3. The molecule has 0 radical (unpaired) electrons. The smallest absolute Gasteiger partial charge is 0.251 e. The Morgan fingerprint density at radius 1 is 0.929 bits per heavy atom. The van der Waals surface area contributed by atoms with E-state index in [4.69, 9.17) is 0 Å². The van der Waals surface area contributed by atoms with Gasteiger partial charge in [-0.25, -0.2) is 0 Å². The number of carbonyl (C=O) groups is 3. The van der Waals surface area contributed by atoms with Gasteiger partial charge >= 0.3 is 0 Å². The van der Waals surface area contributed by atoms with Gasteiger partial charge in [0.05, 0.1) is 6.54 Å². The maximum atomic E-state index is 12.1. The molecule has 0 spiro atoms. The van der Waals surface area contributed by atoms with Crippen molar-refractivity contribution in [1.29, 1.82) is 0 Å². The predicted octanol–water partition coefficient (Wildman–Crippen LogP) is 2.86. The van der Waals surface area contributed by atoms with Gasteiger partial charge in [0.15, 0.2) is 0 Å². The third kappa shape index (κ3) is 6.12.